The number of unbranched alkanes of at least 4 members (excludes halogenated alkanes) is 10. The number of rotatable bonds is 15. The highest BCUT2D eigenvalue weighted by Crippen LogP contribution is 2.54. The van der Waals surface area contributed by atoms with Gasteiger partial charge in [0.1, 0.15) is 4.90 Å². The Bertz CT molecular complexity index is 968. The summed E-state index contributed by atoms with van der Waals surface area (Å²) in [7, 11) is -3.56. The highest BCUT2D eigenvalue weighted by Gasteiger charge is 2.41. The van der Waals surface area contributed by atoms with Gasteiger partial charge in [-0.25, -0.2) is 8.42 Å². The highest BCUT2D eigenvalue weighted by atomic mass is 79.9. The van der Waals surface area contributed by atoms with Gasteiger partial charge in [0, 0.05) is 6.04 Å². The van der Waals surface area contributed by atoms with E-state index < -0.39 is 10.0 Å². The molecule has 0 bridgehead atoms. The van der Waals surface area contributed by atoms with Gasteiger partial charge in [-0.15, -0.1) is 22.7 Å². The van der Waals surface area contributed by atoms with Crippen molar-refractivity contribution < 1.29 is 8.42 Å². The fraction of sp³-hybridized carbons (Fsp3) is 0.680. The number of thiophene rings is 2. The second-order valence-corrected chi connectivity index (χ2v) is 15.7. The first-order valence-corrected chi connectivity index (χ1v) is 17.2. The van der Waals surface area contributed by atoms with E-state index in [0.29, 0.717) is 4.90 Å². The third-order valence-electron chi connectivity index (χ3n) is 6.44. The van der Waals surface area contributed by atoms with Crippen LogP contribution in [0.2, 0.25) is 0 Å². The SMILES string of the molecule is CCCCCCCCC(CCCCCCCC)N1c2cc(Br)sc2-c2sc(Br)cc2S1(=O)=O. The number of halogens is 2. The Kier molecular flexibility index (Phi) is 11.3. The van der Waals surface area contributed by atoms with Crippen LogP contribution in [-0.2, 0) is 10.0 Å². The van der Waals surface area contributed by atoms with E-state index in [9.17, 15) is 8.42 Å². The summed E-state index contributed by atoms with van der Waals surface area (Å²) in [5.74, 6) is 0. The van der Waals surface area contributed by atoms with Gasteiger partial charge in [0.15, 0.2) is 0 Å². The van der Waals surface area contributed by atoms with E-state index in [2.05, 4.69) is 45.7 Å². The molecule has 0 fully saturated rings. The zero-order chi connectivity index (χ0) is 23.8. The second kappa shape index (κ2) is 13.4. The lowest BCUT2D eigenvalue weighted by Crippen LogP contribution is -2.42. The van der Waals surface area contributed by atoms with Gasteiger partial charge in [-0.1, -0.05) is 90.9 Å². The van der Waals surface area contributed by atoms with Crippen LogP contribution >= 0.6 is 54.5 Å². The van der Waals surface area contributed by atoms with Gasteiger partial charge in [0.2, 0.25) is 0 Å². The molecule has 2 aromatic heterocycles. The molecule has 3 heterocycles. The molecule has 1 aliphatic heterocycles. The molecule has 0 aliphatic carbocycles. The third-order valence-corrected chi connectivity index (χ3v) is 11.9. The molecule has 2 aromatic rings. The fourth-order valence-electron chi connectivity index (χ4n) is 4.70. The van der Waals surface area contributed by atoms with Crippen molar-refractivity contribution in [3.05, 3.63) is 19.7 Å². The van der Waals surface area contributed by atoms with Gasteiger partial charge < -0.3 is 0 Å². The van der Waals surface area contributed by atoms with E-state index in [-0.39, 0.29) is 6.04 Å². The molecule has 0 amide bonds. The van der Waals surface area contributed by atoms with E-state index >= 15 is 0 Å². The summed E-state index contributed by atoms with van der Waals surface area (Å²) in [4.78, 5) is 2.43. The maximum Gasteiger partial charge on any atom is 0.266 e. The second-order valence-electron chi connectivity index (χ2n) is 9.08. The van der Waals surface area contributed by atoms with Crippen molar-refractivity contribution in [1.82, 2.24) is 0 Å². The lowest BCUT2D eigenvalue weighted by Gasteiger charge is -2.35. The summed E-state index contributed by atoms with van der Waals surface area (Å²) in [5.41, 5.74) is 0.871. The first-order chi connectivity index (χ1) is 15.9. The highest BCUT2D eigenvalue weighted by molar-refractivity contribution is 9.11. The summed E-state index contributed by atoms with van der Waals surface area (Å²) in [6.45, 7) is 4.48. The largest absolute Gasteiger partial charge is 0.266 e. The molecular weight excluding hydrogens is 602 g/mol. The van der Waals surface area contributed by atoms with Crippen LogP contribution in [0.15, 0.2) is 24.6 Å². The molecule has 0 spiro atoms. The van der Waals surface area contributed by atoms with Crippen molar-refractivity contribution in [3.63, 3.8) is 0 Å². The van der Waals surface area contributed by atoms with E-state index in [1.54, 1.807) is 21.7 Å². The number of nitrogens with zero attached hydrogens (tertiary/aromatic N) is 1. The maximum atomic E-state index is 13.9. The molecule has 1 aliphatic rings. The number of sulfonamides is 1. The zero-order valence-corrected chi connectivity index (χ0v) is 25.5. The van der Waals surface area contributed by atoms with Crippen LogP contribution in [0.25, 0.3) is 9.75 Å². The summed E-state index contributed by atoms with van der Waals surface area (Å²) in [6.07, 6.45) is 16.6. The summed E-state index contributed by atoms with van der Waals surface area (Å²) in [6, 6.07) is 3.84. The van der Waals surface area contributed by atoms with E-state index in [0.717, 1.165) is 48.7 Å². The Balaban J connectivity index is 1.80. The normalized spacial score (nSPS) is 14.6. The van der Waals surface area contributed by atoms with Gasteiger partial charge in [0.05, 0.1) is 23.0 Å². The Morgan fingerprint density at radius 3 is 1.82 bits per heavy atom. The predicted molar refractivity (Wildman–Crippen MR) is 152 cm³/mol. The van der Waals surface area contributed by atoms with Crippen LogP contribution in [0.5, 0.6) is 0 Å². The standard InChI is InChI=1S/C25H37Br2NO2S3/c1-3-5-7-9-11-13-15-19(16-14-12-10-8-6-4-2)28-20-17-22(26)31-24(20)25-21(33(28,29)30)18-23(27)32-25/h17-19H,3-16H2,1-2H3. The van der Waals surface area contributed by atoms with Crippen molar-refractivity contribution in [1.29, 1.82) is 0 Å². The zero-order valence-electron chi connectivity index (χ0n) is 19.9. The molecule has 0 saturated heterocycles. The van der Waals surface area contributed by atoms with Crippen molar-refractivity contribution in [2.75, 3.05) is 4.31 Å². The minimum Gasteiger partial charge on any atom is -0.262 e. The molecule has 8 heteroatoms. The first-order valence-electron chi connectivity index (χ1n) is 12.5. The predicted octanol–water partition coefficient (Wildman–Crippen LogP) is 10.4. The number of hydrogen-bond acceptors (Lipinski definition) is 4. The Morgan fingerprint density at radius 2 is 1.24 bits per heavy atom. The monoisotopic (exact) mass is 637 g/mol. The van der Waals surface area contributed by atoms with E-state index in [1.807, 2.05) is 6.07 Å². The van der Waals surface area contributed by atoms with E-state index in [4.69, 9.17) is 0 Å². The van der Waals surface area contributed by atoms with Crippen LogP contribution in [0.3, 0.4) is 0 Å². The Morgan fingerprint density at radius 1 is 0.758 bits per heavy atom. The van der Waals surface area contributed by atoms with Crippen LogP contribution < -0.4 is 4.31 Å². The van der Waals surface area contributed by atoms with Crippen molar-refractivity contribution in [2.24, 2.45) is 0 Å². The minimum atomic E-state index is -3.56. The topological polar surface area (TPSA) is 37.4 Å². The molecule has 3 nitrogen and oxygen atoms in total. The molecule has 0 N–H and O–H groups in total. The molecular formula is C25H37Br2NO2S3. The quantitative estimate of drug-likeness (QED) is 0.182. The van der Waals surface area contributed by atoms with Crippen molar-refractivity contribution in [2.45, 2.75) is 115 Å². The molecule has 3 rings (SSSR count). The molecule has 186 valence electrons. The number of anilines is 1. The molecule has 0 saturated carbocycles. The average molecular weight is 640 g/mol. The van der Waals surface area contributed by atoms with Crippen LogP contribution in [-0.4, -0.2) is 14.5 Å². The molecule has 0 unspecified atom stereocenters. The average Bonchev–Trinajstić information content (AvgIpc) is 3.35. The first kappa shape index (κ1) is 27.7. The summed E-state index contributed by atoms with van der Waals surface area (Å²) in [5, 5.41) is 0. The number of fused-ring (bicyclic) bond motifs is 3. The molecule has 0 aromatic carbocycles. The Hall–Kier alpha value is 0.110. The number of hydrogen-bond donors (Lipinski definition) is 0. The van der Waals surface area contributed by atoms with Crippen LogP contribution in [0.1, 0.15) is 104 Å². The minimum absolute atomic E-state index is 0.0272. The maximum absolute atomic E-state index is 13.9. The van der Waals surface area contributed by atoms with Gasteiger partial charge >= 0.3 is 0 Å². The molecule has 33 heavy (non-hydrogen) atoms. The summed E-state index contributed by atoms with van der Waals surface area (Å²) < 4.78 is 31.4. The fourth-order valence-corrected chi connectivity index (χ4v) is 10.5. The third kappa shape index (κ3) is 7.08. The van der Waals surface area contributed by atoms with Gasteiger partial charge in [-0.3, -0.25) is 4.31 Å². The van der Waals surface area contributed by atoms with Crippen molar-refractivity contribution in [3.8, 4) is 9.75 Å². The molecule has 0 atom stereocenters. The smallest absolute Gasteiger partial charge is 0.262 e. The van der Waals surface area contributed by atoms with Crippen LogP contribution in [0.4, 0.5) is 5.69 Å². The van der Waals surface area contributed by atoms with Gasteiger partial charge in [-0.2, -0.15) is 0 Å². The van der Waals surface area contributed by atoms with E-state index in [1.165, 1.54) is 75.5 Å². The van der Waals surface area contributed by atoms with Gasteiger partial charge in [0.25, 0.3) is 10.0 Å². The summed E-state index contributed by atoms with van der Waals surface area (Å²) >= 11 is 10.3. The Labute approximate surface area is 225 Å². The van der Waals surface area contributed by atoms with Crippen LogP contribution in [0, 0.1) is 0 Å². The van der Waals surface area contributed by atoms with Gasteiger partial charge in [-0.05, 0) is 56.8 Å². The van der Waals surface area contributed by atoms with Crippen molar-refractivity contribution >= 4 is 70.2 Å². The molecule has 0 radical (unpaired) electrons. The lowest BCUT2D eigenvalue weighted by atomic mass is 9.99. The lowest BCUT2D eigenvalue weighted by molar-refractivity contribution is 0.477.